The fraction of sp³-hybridized carbons (Fsp3) is 0.417. The van der Waals surface area contributed by atoms with E-state index in [0.29, 0.717) is 13.2 Å². The number of hydrogen-bond donors (Lipinski definition) is 2. The van der Waals surface area contributed by atoms with E-state index in [1.807, 2.05) is 31.2 Å². The van der Waals surface area contributed by atoms with Gasteiger partial charge in [0, 0.05) is 12.5 Å². The number of nitrogens with two attached hydrogens (primary N) is 2. The van der Waals surface area contributed by atoms with E-state index in [1.54, 1.807) is 7.11 Å². The number of ether oxygens (including phenoxy) is 2. The number of guanidine groups is 1. The monoisotopic (exact) mass is 365 g/mol. The zero-order valence-electron chi connectivity index (χ0n) is 10.6. The Morgan fingerprint density at radius 2 is 1.89 bits per heavy atom. The quantitative estimate of drug-likeness (QED) is 0.456. The highest BCUT2D eigenvalue weighted by Crippen LogP contribution is 2.26. The Hall–Kier alpha value is -1.18. The van der Waals surface area contributed by atoms with Gasteiger partial charge in [0.25, 0.3) is 0 Å². The molecule has 0 aliphatic carbocycles. The third-order valence-corrected chi connectivity index (χ3v) is 2.18. The molecule has 0 radical (unpaired) electrons. The van der Waals surface area contributed by atoms with E-state index in [0.717, 1.165) is 11.5 Å². The number of rotatable bonds is 6. The summed E-state index contributed by atoms with van der Waals surface area (Å²) in [4.78, 5) is 3.94. The molecular formula is C12H20IN3O2. The average molecular weight is 365 g/mol. The summed E-state index contributed by atoms with van der Waals surface area (Å²) in [5.41, 5.74) is 10.5. The second-order valence-electron chi connectivity index (χ2n) is 3.83. The lowest BCUT2D eigenvalue weighted by molar-refractivity contribution is 0.251. The van der Waals surface area contributed by atoms with Crippen molar-refractivity contribution in [1.82, 2.24) is 0 Å². The molecule has 0 amide bonds. The number of nitrogens with zero attached hydrogens (tertiary/aromatic N) is 1. The number of para-hydroxylation sites is 2. The number of halogens is 1. The summed E-state index contributed by atoms with van der Waals surface area (Å²) in [5.74, 6) is 1.80. The van der Waals surface area contributed by atoms with Gasteiger partial charge in [-0.2, -0.15) is 0 Å². The zero-order valence-corrected chi connectivity index (χ0v) is 13.0. The molecule has 0 aromatic heterocycles. The van der Waals surface area contributed by atoms with Crippen molar-refractivity contribution < 1.29 is 9.47 Å². The Labute approximate surface area is 125 Å². The van der Waals surface area contributed by atoms with Crippen molar-refractivity contribution in [3.8, 4) is 11.5 Å². The van der Waals surface area contributed by atoms with Crippen LogP contribution in [0, 0.1) is 5.92 Å². The molecule has 1 atom stereocenters. The van der Waals surface area contributed by atoms with Crippen molar-refractivity contribution in [1.29, 1.82) is 0 Å². The highest BCUT2D eigenvalue weighted by Gasteiger charge is 2.06. The van der Waals surface area contributed by atoms with Crippen LogP contribution in [-0.4, -0.2) is 26.2 Å². The van der Waals surface area contributed by atoms with Gasteiger partial charge in [-0.3, -0.25) is 4.99 Å². The number of methoxy groups -OCH3 is 1. The number of hydrogen-bond acceptors (Lipinski definition) is 3. The van der Waals surface area contributed by atoms with Crippen LogP contribution in [0.5, 0.6) is 11.5 Å². The minimum atomic E-state index is 0. The van der Waals surface area contributed by atoms with Crippen LogP contribution >= 0.6 is 24.0 Å². The summed E-state index contributed by atoms with van der Waals surface area (Å²) in [6.07, 6.45) is 0. The Kier molecular flexibility index (Phi) is 8.27. The van der Waals surface area contributed by atoms with E-state index in [2.05, 4.69) is 4.99 Å². The summed E-state index contributed by atoms with van der Waals surface area (Å²) < 4.78 is 10.8. The number of aliphatic imine (C=N–C) groups is 1. The second-order valence-corrected chi connectivity index (χ2v) is 3.83. The lowest BCUT2D eigenvalue weighted by Gasteiger charge is -2.13. The van der Waals surface area contributed by atoms with Crippen LogP contribution in [-0.2, 0) is 0 Å². The maximum Gasteiger partial charge on any atom is 0.185 e. The third-order valence-electron chi connectivity index (χ3n) is 2.18. The third kappa shape index (κ3) is 5.95. The summed E-state index contributed by atoms with van der Waals surface area (Å²) in [5, 5.41) is 0. The normalized spacial score (nSPS) is 11.0. The lowest BCUT2D eigenvalue weighted by atomic mass is 10.2. The molecule has 1 aromatic carbocycles. The maximum atomic E-state index is 5.65. The molecule has 0 saturated heterocycles. The molecule has 4 N–H and O–H groups in total. The van der Waals surface area contributed by atoms with Gasteiger partial charge in [0.1, 0.15) is 0 Å². The molecule has 0 heterocycles. The first-order valence-electron chi connectivity index (χ1n) is 5.44. The second kappa shape index (κ2) is 8.84. The first-order chi connectivity index (χ1) is 8.13. The van der Waals surface area contributed by atoms with Gasteiger partial charge in [0.05, 0.1) is 13.7 Å². The molecule has 0 bridgehead atoms. The largest absolute Gasteiger partial charge is 0.493 e. The first kappa shape index (κ1) is 16.8. The van der Waals surface area contributed by atoms with Crippen LogP contribution in [0.3, 0.4) is 0 Å². The van der Waals surface area contributed by atoms with Crippen molar-refractivity contribution >= 4 is 29.9 Å². The van der Waals surface area contributed by atoms with E-state index < -0.39 is 0 Å². The molecule has 6 heteroatoms. The molecule has 0 saturated carbocycles. The topological polar surface area (TPSA) is 82.9 Å². The average Bonchev–Trinajstić information content (AvgIpc) is 2.34. The Balaban J connectivity index is 0.00000289. The van der Waals surface area contributed by atoms with Gasteiger partial charge in [-0.1, -0.05) is 19.1 Å². The fourth-order valence-electron chi connectivity index (χ4n) is 1.28. The molecule has 5 nitrogen and oxygen atoms in total. The smallest absolute Gasteiger partial charge is 0.185 e. The molecule has 1 unspecified atom stereocenters. The fourth-order valence-corrected chi connectivity index (χ4v) is 1.28. The van der Waals surface area contributed by atoms with Crippen molar-refractivity contribution in [3.05, 3.63) is 24.3 Å². The highest BCUT2D eigenvalue weighted by molar-refractivity contribution is 14.0. The maximum absolute atomic E-state index is 5.65. The molecule has 1 aromatic rings. The van der Waals surface area contributed by atoms with E-state index >= 15 is 0 Å². The summed E-state index contributed by atoms with van der Waals surface area (Å²) in [7, 11) is 1.62. The van der Waals surface area contributed by atoms with Crippen molar-refractivity contribution in [2.75, 3.05) is 20.3 Å². The zero-order chi connectivity index (χ0) is 12.7. The minimum Gasteiger partial charge on any atom is -0.493 e. The molecule has 0 spiro atoms. The molecular weight excluding hydrogens is 345 g/mol. The van der Waals surface area contributed by atoms with E-state index in [-0.39, 0.29) is 35.9 Å². The van der Waals surface area contributed by atoms with Gasteiger partial charge >= 0.3 is 0 Å². The predicted octanol–water partition coefficient (Wildman–Crippen LogP) is 1.60. The van der Waals surface area contributed by atoms with Gasteiger partial charge in [0.15, 0.2) is 17.5 Å². The van der Waals surface area contributed by atoms with Crippen molar-refractivity contribution in [3.63, 3.8) is 0 Å². The summed E-state index contributed by atoms with van der Waals surface area (Å²) >= 11 is 0. The standard InChI is InChI=1S/C12H19N3O2.HI/c1-9(7-15-12(13)14)8-17-11-6-4-3-5-10(11)16-2;/h3-6,9H,7-8H2,1-2H3,(H4,13,14,15);1H. The van der Waals surface area contributed by atoms with Crippen molar-refractivity contribution in [2.24, 2.45) is 22.4 Å². The summed E-state index contributed by atoms with van der Waals surface area (Å²) in [6, 6.07) is 7.52. The van der Waals surface area contributed by atoms with Crippen molar-refractivity contribution in [2.45, 2.75) is 6.92 Å². The molecule has 0 aliphatic rings. The molecule has 102 valence electrons. The van der Waals surface area contributed by atoms with Crippen LogP contribution in [0.15, 0.2) is 29.3 Å². The van der Waals surface area contributed by atoms with Gasteiger partial charge in [-0.05, 0) is 12.1 Å². The molecule has 0 fully saturated rings. The van der Waals surface area contributed by atoms with Gasteiger partial charge < -0.3 is 20.9 Å². The Morgan fingerprint density at radius 1 is 1.28 bits per heavy atom. The van der Waals surface area contributed by atoms with E-state index in [4.69, 9.17) is 20.9 Å². The van der Waals surface area contributed by atoms with Crippen LogP contribution < -0.4 is 20.9 Å². The van der Waals surface area contributed by atoms with Crippen LogP contribution in [0.25, 0.3) is 0 Å². The summed E-state index contributed by atoms with van der Waals surface area (Å²) in [6.45, 7) is 3.11. The highest BCUT2D eigenvalue weighted by atomic mass is 127. The molecule has 1 rings (SSSR count). The van der Waals surface area contributed by atoms with E-state index in [1.165, 1.54) is 0 Å². The number of benzene rings is 1. The van der Waals surface area contributed by atoms with Gasteiger partial charge in [-0.15, -0.1) is 24.0 Å². The predicted molar refractivity (Wildman–Crippen MR) is 83.7 cm³/mol. The van der Waals surface area contributed by atoms with Crippen LogP contribution in [0.1, 0.15) is 6.92 Å². The van der Waals surface area contributed by atoms with Crippen LogP contribution in [0.2, 0.25) is 0 Å². The Morgan fingerprint density at radius 3 is 2.44 bits per heavy atom. The Bertz CT molecular complexity index is 381. The molecule has 0 aliphatic heterocycles. The SMILES string of the molecule is COc1ccccc1OCC(C)CN=C(N)N.I. The molecule has 18 heavy (non-hydrogen) atoms. The van der Waals surface area contributed by atoms with Gasteiger partial charge in [0.2, 0.25) is 0 Å². The lowest BCUT2D eigenvalue weighted by Crippen LogP contribution is -2.24. The van der Waals surface area contributed by atoms with Crippen LogP contribution in [0.4, 0.5) is 0 Å². The van der Waals surface area contributed by atoms with E-state index in [9.17, 15) is 0 Å². The van der Waals surface area contributed by atoms with Gasteiger partial charge in [-0.25, -0.2) is 0 Å². The minimum absolute atomic E-state index is 0. The first-order valence-corrected chi connectivity index (χ1v) is 5.44.